The fourth-order valence-electron chi connectivity index (χ4n) is 2.11. The van der Waals surface area contributed by atoms with E-state index in [4.69, 9.17) is 0 Å². The number of hydrogen-bond acceptors (Lipinski definition) is 4. The summed E-state index contributed by atoms with van der Waals surface area (Å²) in [5.74, 6) is -0.751. The second-order valence-electron chi connectivity index (χ2n) is 5.91. The van der Waals surface area contributed by atoms with Crippen LogP contribution in [0.2, 0.25) is 0 Å². The van der Waals surface area contributed by atoms with Crippen molar-refractivity contribution in [3.05, 3.63) is 29.8 Å². The van der Waals surface area contributed by atoms with Gasteiger partial charge in [0.25, 0.3) is 5.91 Å². The minimum absolute atomic E-state index is 0.0329. The molecule has 0 heterocycles. The van der Waals surface area contributed by atoms with Crippen molar-refractivity contribution in [1.29, 1.82) is 0 Å². The van der Waals surface area contributed by atoms with Gasteiger partial charge in [-0.1, -0.05) is 32.3 Å². The molecule has 0 atom stereocenters. The maximum Gasteiger partial charge on any atom is 0.251 e. The van der Waals surface area contributed by atoms with E-state index >= 15 is 0 Å². The number of hydrogen-bond donors (Lipinski definition) is 2. The quantitative estimate of drug-likeness (QED) is 0.609. The molecule has 0 spiro atoms. The average molecular weight is 369 g/mol. The van der Waals surface area contributed by atoms with Crippen LogP contribution in [0, 0.1) is 0 Å². The number of rotatable bonds is 10. The maximum atomic E-state index is 12.1. The fourth-order valence-corrected chi connectivity index (χ4v) is 3.06. The highest BCUT2D eigenvalue weighted by molar-refractivity contribution is 7.89. The Labute approximate surface area is 149 Å². The first kappa shape index (κ1) is 21.1. The van der Waals surface area contributed by atoms with E-state index in [1.165, 1.54) is 38.4 Å². The predicted octanol–water partition coefficient (Wildman–Crippen LogP) is 1.36. The lowest BCUT2D eigenvalue weighted by molar-refractivity contribution is -0.120. The standard InChI is InChI=1S/C17H27N3O4S/c1-4-5-6-7-11-18-16(21)13-19-17(22)14-9-8-10-15(12-14)25(23,24)20(2)3/h8-10,12H,4-7,11,13H2,1-3H3,(H,18,21)(H,19,22). The molecule has 1 aromatic rings. The van der Waals surface area contributed by atoms with E-state index in [-0.39, 0.29) is 22.9 Å². The lowest BCUT2D eigenvalue weighted by atomic mass is 10.2. The molecule has 2 N–H and O–H groups in total. The summed E-state index contributed by atoms with van der Waals surface area (Å²) in [7, 11) is -0.763. The van der Waals surface area contributed by atoms with E-state index in [1.54, 1.807) is 0 Å². The van der Waals surface area contributed by atoms with Crippen LogP contribution >= 0.6 is 0 Å². The first-order valence-electron chi connectivity index (χ1n) is 8.36. The Morgan fingerprint density at radius 3 is 2.44 bits per heavy atom. The summed E-state index contributed by atoms with van der Waals surface area (Å²) in [6, 6.07) is 5.73. The highest BCUT2D eigenvalue weighted by atomic mass is 32.2. The van der Waals surface area contributed by atoms with Crippen LogP contribution in [0.3, 0.4) is 0 Å². The van der Waals surface area contributed by atoms with E-state index in [0.717, 1.165) is 30.0 Å². The molecule has 140 valence electrons. The molecule has 0 unspecified atom stereocenters. The van der Waals surface area contributed by atoms with Crippen LogP contribution < -0.4 is 10.6 Å². The summed E-state index contributed by atoms with van der Waals surface area (Å²) < 4.78 is 25.3. The topological polar surface area (TPSA) is 95.6 Å². The maximum absolute atomic E-state index is 12.1. The molecule has 25 heavy (non-hydrogen) atoms. The molecule has 0 aliphatic rings. The molecule has 0 aromatic heterocycles. The number of carbonyl (C=O) groups is 2. The van der Waals surface area contributed by atoms with Crippen LogP contribution in [-0.2, 0) is 14.8 Å². The van der Waals surface area contributed by atoms with Crippen molar-refractivity contribution in [3.63, 3.8) is 0 Å². The normalized spacial score (nSPS) is 11.4. The highest BCUT2D eigenvalue weighted by Crippen LogP contribution is 2.14. The number of carbonyl (C=O) groups excluding carboxylic acids is 2. The van der Waals surface area contributed by atoms with Crippen molar-refractivity contribution < 1.29 is 18.0 Å². The van der Waals surface area contributed by atoms with Crippen LogP contribution in [-0.4, -0.2) is 51.7 Å². The van der Waals surface area contributed by atoms with Crippen LogP contribution in [0.4, 0.5) is 0 Å². The third kappa shape index (κ3) is 6.83. The summed E-state index contributed by atoms with van der Waals surface area (Å²) in [5, 5.41) is 5.24. The van der Waals surface area contributed by atoms with Crippen LogP contribution in [0.5, 0.6) is 0 Å². The zero-order valence-electron chi connectivity index (χ0n) is 15.0. The van der Waals surface area contributed by atoms with Gasteiger partial charge in [-0.15, -0.1) is 0 Å². The molecule has 1 aromatic carbocycles. The number of nitrogens with one attached hydrogen (secondary N) is 2. The number of nitrogens with zero attached hydrogens (tertiary/aromatic N) is 1. The number of amides is 2. The Kier molecular flexibility index (Phi) is 8.57. The van der Waals surface area contributed by atoms with Gasteiger partial charge in [0.15, 0.2) is 0 Å². The molecule has 0 saturated heterocycles. The Balaban J connectivity index is 2.54. The molecule has 2 amide bonds. The molecule has 0 aliphatic heterocycles. The molecule has 8 heteroatoms. The largest absolute Gasteiger partial charge is 0.355 e. The van der Waals surface area contributed by atoms with Gasteiger partial charge in [0.1, 0.15) is 0 Å². The van der Waals surface area contributed by atoms with E-state index in [2.05, 4.69) is 17.6 Å². The van der Waals surface area contributed by atoms with Gasteiger partial charge in [-0.3, -0.25) is 9.59 Å². The zero-order valence-corrected chi connectivity index (χ0v) is 15.9. The van der Waals surface area contributed by atoms with Gasteiger partial charge >= 0.3 is 0 Å². The molecule has 0 saturated carbocycles. The fraction of sp³-hybridized carbons (Fsp3) is 0.529. The van der Waals surface area contributed by atoms with Gasteiger partial charge in [0.2, 0.25) is 15.9 Å². The molecule has 7 nitrogen and oxygen atoms in total. The third-order valence-corrected chi connectivity index (χ3v) is 5.45. The molecule has 0 bridgehead atoms. The van der Waals surface area contributed by atoms with Crippen LogP contribution in [0.1, 0.15) is 43.0 Å². The van der Waals surface area contributed by atoms with Crippen molar-refractivity contribution in [1.82, 2.24) is 14.9 Å². The van der Waals surface area contributed by atoms with Crippen LogP contribution in [0.15, 0.2) is 29.2 Å². The Morgan fingerprint density at radius 1 is 1.08 bits per heavy atom. The first-order valence-corrected chi connectivity index (χ1v) is 9.80. The van der Waals surface area contributed by atoms with Gasteiger partial charge in [0, 0.05) is 26.2 Å². The second kappa shape index (κ2) is 10.1. The first-order chi connectivity index (χ1) is 11.8. The lowest BCUT2D eigenvalue weighted by Gasteiger charge is -2.12. The van der Waals surface area contributed by atoms with Crippen molar-refractivity contribution >= 4 is 21.8 Å². The molecule has 0 aliphatic carbocycles. The minimum Gasteiger partial charge on any atom is -0.355 e. The monoisotopic (exact) mass is 369 g/mol. The molecule has 1 rings (SSSR count). The van der Waals surface area contributed by atoms with Crippen molar-refractivity contribution in [3.8, 4) is 0 Å². The van der Waals surface area contributed by atoms with Crippen molar-refractivity contribution in [2.75, 3.05) is 27.2 Å². The summed E-state index contributed by atoms with van der Waals surface area (Å²) in [6.45, 7) is 2.56. The van der Waals surface area contributed by atoms with Gasteiger partial charge in [-0.05, 0) is 24.6 Å². The molecule has 0 fully saturated rings. The highest BCUT2D eigenvalue weighted by Gasteiger charge is 2.18. The zero-order chi connectivity index (χ0) is 18.9. The molecular weight excluding hydrogens is 342 g/mol. The van der Waals surface area contributed by atoms with Gasteiger partial charge < -0.3 is 10.6 Å². The number of sulfonamides is 1. The van der Waals surface area contributed by atoms with E-state index in [0.29, 0.717) is 6.54 Å². The van der Waals surface area contributed by atoms with Crippen molar-refractivity contribution in [2.45, 2.75) is 37.5 Å². The SMILES string of the molecule is CCCCCCNC(=O)CNC(=O)c1cccc(S(=O)(=O)N(C)C)c1. The summed E-state index contributed by atoms with van der Waals surface area (Å²) in [6.07, 6.45) is 4.25. The third-order valence-electron chi connectivity index (χ3n) is 3.64. The van der Waals surface area contributed by atoms with Gasteiger partial charge in [0.05, 0.1) is 11.4 Å². The lowest BCUT2D eigenvalue weighted by Crippen LogP contribution is -2.37. The summed E-state index contributed by atoms with van der Waals surface area (Å²) in [4.78, 5) is 23.8. The predicted molar refractivity (Wildman–Crippen MR) is 96.8 cm³/mol. The summed E-state index contributed by atoms with van der Waals surface area (Å²) >= 11 is 0. The van der Waals surface area contributed by atoms with E-state index < -0.39 is 15.9 Å². The Hall–Kier alpha value is -1.93. The van der Waals surface area contributed by atoms with Crippen LogP contribution in [0.25, 0.3) is 0 Å². The molecular formula is C17H27N3O4S. The van der Waals surface area contributed by atoms with Gasteiger partial charge in [-0.2, -0.15) is 0 Å². The van der Waals surface area contributed by atoms with E-state index in [1.807, 2.05) is 0 Å². The van der Waals surface area contributed by atoms with Crippen molar-refractivity contribution in [2.24, 2.45) is 0 Å². The average Bonchev–Trinajstić information content (AvgIpc) is 2.59. The Bertz CT molecular complexity index is 687. The van der Waals surface area contributed by atoms with E-state index in [9.17, 15) is 18.0 Å². The smallest absolute Gasteiger partial charge is 0.251 e. The minimum atomic E-state index is -3.61. The molecule has 0 radical (unpaired) electrons. The Morgan fingerprint density at radius 2 is 1.80 bits per heavy atom. The summed E-state index contributed by atoms with van der Waals surface area (Å²) in [5.41, 5.74) is 0.193. The number of unbranched alkanes of at least 4 members (excludes halogenated alkanes) is 3. The van der Waals surface area contributed by atoms with Gasteiger partial charge in [-0.25, -0.2) is 12.7 Å². The number of benzene rings is 1. The second-order valence-corrected chi connectivity index (χ2v) is 8.06.